The number of hydrogen-bond donors (Lipinski definition) is 2. The summed E-state index contributed by atoms with van der Waals surface area (Å²) >= 11 is 1.27. The predicted molar refractivity (Wildman–Crippen MR) is 122 cm³/mol. The molecule has 0 aliphatic heterocycles. The molecule has 0 aliphatic carbocycles. The van der Waals surface area contributed by atoms with E-state index in [-0.39, 0.29) is 17.2 Å². The van der Waals surface area contributed by atoms with Crippen LogP contribution in [0.1, 0.15) is 12.5 Å². The molecule has 2 aromatic heterocycles. The van der Waals surface area contributed by atoms with Crippen LogP contribution in [0.4, 0.5) is 5.69 Å². The van der Waals surface area contributed by atoms with Crippen molar-refractivity contribution in [2.45, 2.75) is 25.5 Å². The van der Waals surface area contributed by atoms with Gasteiger partial charge in [0.05, 0.1) is 5.75 Å². The Bertz CT molecular complexity index is 1260. The topological polar surface area (TPSA) is 79.8 Å². The second-order valence-electron chi connectivity index (χ2n) is 6.89. The number of nitrogens with zero attached hydrogens (tertiary/aromatic N) is 2. The number of fused-ring (bicyclic) bond motifs is 1. The van der Waals surface area contributed by atoms with E-state index in [1.165, 1.54) is 11.8 Å². The molecule has 2 N–H and O–H groups in total. The third-order valence-electron chi connectivity index (χ3n) is 4.90. The second kappa shape index (κ2) is 8.59. The first kappa shape index (κ1) is 20.0. The van der Waals surface area contributed by atoms with Gasteiger partial charge in [-0.1, -0.05) is 60.3 Å². The lowest BCUT2D eigenvalue weighted by atomic mass is 10.1. The van der Waals surface area contributed by atoms with E-state index in [1.807, 2.05) is 74.6 Å². The lowest BCUT2D eigenvalue weighted by Gasteiger charge is -2.11. The van der Waals surface area contributed by atoms with Gasteiger partial charge in [-0.3, -0.25) is 14.2 Å². The Balaban J connectivity index is 1.64. The van der Waals surface area contributed by atoms with E-state index >= 15 is 0 Å². The van der Waals surface area contributed by atoms with Crippen LogP contribution in [0.5, 0.6) is 0 Å². The summed E-state index contributed by atoms with van der Waals surface area (Å²) in [6.07, 6.45) is 1.81. The molecule has 6 nitrogen and oxygen atoms in total. The predicted octanol–water partition coefficient (Wildman–Crippen LogP) is 4.45. The van der Waals surface area contributed by atoms with Crippen LogP contribution in [0.15, 0.2) is 70.7 Å². The van der Waals surface area contributed by atoms with Gasteiger partial charge in [0.2, 0.25) is 5.91 Å². The number of thioether (sulfide) groups is 1. The van der Waals surface area contributed by atoms with Crippen molar-refractivity contribution in [2.75, 3.05) is 11.1 Å². The number of anilines is 1. The van der Waals surface area contributed by atoms with Gasteiger partial charge in [-0.15, -0.1) is 0 Å². The summed E-state index contributed by atoms with van der Waals surface area (Å²) in [5.74, 6) is 0.0286. The average molecular weight is 419 g/mol. The number of H-pyrrole nitrogens is 1. The molecular weight excluding hydrogens is 396 g/mol. The number of aromatic amines is 1. The summed E-state index contributed by atoms with van der Waals surface area (Å²) in [7, 11) is 0. The fourth-order valence-electron chi connectivity index (χ4n) is 3.33. The molecule has 4 aromatic rings. The van der Waals surface area contributed by atoms with Gasteiger partial charge in [0, 0.05) is 24.0 Å². The molecular formula is C23H22N4O2S. The van der Waals surface area contributed by atoms with E-state index in [2.05, 4.69) is 10.3 Å². The number of hydrogen-bond acceptors (Lipinski definition) is 4. The molecule has 7 heteroatoms. The fourth-order valence-corrected chi connectivity index (χ4v) is 4.19. The van der Waals surface area contributed by atoms with Crippen LogP contribution >= 0.6 is 11.8 Å². The summed E-state index contributed by atoms with van der Waals surface area (Å²) in [6, 6.07) is 17.5. The molecule has 0 bridgehead atoms. The zero-order valence-electron chi connectivity index (χ0n) is 16.8. The van der Waals surface area contributed by atoms with Crippen LogP contribution in [0.25, 0.3) is 22.2 Å². The van der Waals surface area contributed by atoms with Crippen molar-refractivity contribution in [1.82, 2.24) is 14.5 Å². The zero-order valence-corrected chi connectivity index (χ0v) is 17.6. The maximum atomic E-state index is 13.0. The Morgan fingerprint density at radius 2 is 1.87 bits per heavy atom. The molecule has 1 amide bonds. The first-order valence-corrected chi connectivity index (χ1v) is 10.7. The number of amides is 1. The Morgan fingerprint density at radius 1 is 1.13 bits per heavy atom. The Kier molecular flexibility index (Phi) is 5.72. The monoisotopic (exact) mass is 418 g/mol. The first-order chi connectivity index (χ1) is 14.6. The number of aromatic nitrogens is 3. The third-order valence-corrected chi connectivity index (χ3v) is 5.88. The minimum Gasteiger partial charge on any atom is -0.355 e. The van der Waals surface area contributed by atoms with Gasteiger partial charge < -0.3 is 10.3 Å². The van der Waals surface area contributed by atoms with Crippen molar-refractivity contribution in [3.05, 3.63) is 76.7 Å². The van der Waals surface area contributed by atoms with Gasteiger partial charge in [-0.25, -0.2) is 4.98 Å². The second-order valence-corrected chi connectivity index (χ2v) is 7.83. The van der Waals surface area contributed by atoms with Gasteiger partial charge in [-0.2, -0.15) is 0 Å². The van der Waals surface area contributed by atoms with Crippen molar-refractivity contribution in [1.29, 1.82) is 0 Å². The smallest absolute Gasteiger partial charge is 0.278 e. The van der Waals surface area contributed by atoms with E-state index in [0.717, 1.165) is 22.4 Å². The zero-order chi connectivity index (χ0) is 21.1. The number of carbonyl (C=O) groups excluding carboxylic acids is 1. The van der Waals surface area contributed by atoms with Gasteiger partial charge in [0.25, 0.3) is 5.56 Å². The molecule has 0 radical (unpaired) electrons. The standard InChI is InChI=1S/C23H22N4O2S/c1-3-27-22(29)21-20(17(13-24-21)16-10-5-4-6-11-16)26-23(27)30-14-19(28)25-18-12-8-7-9-15(18)2/h4-13,24H,3,14H2,1-2H3,(H,25,28). The number of nitrogens with one attached hydrogen (secondary N) is 2. The third kappa shape index (κ3) is 3.89. The molecule has 4 rings (SSSR count). The molecule has 0 saturated heterocycles. The molecule has 0 spiro atoms. The van der Waals surface area contributed by atoms with Crippen LogP contribution in [0.3, 0.4) is 0 Å². The number of para-hydroxylation sites is 1. The summed E-state index contributed by atoms with van der Waals surface area (Å²) in [4.78, 5) is 33.3. The van der Waals surface area contributed by atoms with E-state index in [9.17, 15) is 9.59 Å². The first-order valence-electron chi connectivity index (χ1n) is 9.74. The van der Waals surface area contributed by atoms with Gasteiger partial charge in [0.1, 0.15) is 11.0 Å². The average Bonchev–Trinajstić information content (AvgIpc) is 3.19. The largest absolute Gasteiger partial charge is 0.355 e. The molecule has 0 aliphatic rings. The minimum atomic E-state index is -0.136. The Labute approximate surface area is 178 Å². The van der Waals surface area contributed by atoms with Crippen molar-refractivity contribution in [3.63, 3.8) is 0 Å². The van der Waals surface area contributed by atoms with Gasteiger partial charge >= 0.3 is 0 Å². The lowest BCUT2D eigenvalue weighted by Crippen LogP contribution is -2.23. The van der Waals surface area contributed by atoms with Crippen molar-refractivity contribution >= 4 is 34.4 Å². The maximum Gasteiger partial charge on any atom is 0.278 e. The van der Waals surface area contributed by atoms with E-state index in [1.54, 1.807) is 4.57 Å². The molecule has 30 heavy (non-hydrogen) atoms. The maximum absolute atomic E-state index is 13.0. The number of carbonyl (C=O) groups is 1. The highest BCUT2D eigenvalue weighted by Crippen LogP contribution is 2.27. The fraction of sp³-hybridized carbons (Fsp3) is 0.174. The highest BCUT2D eigenvalue weighted by Gasteiger charge is 2.17. The molecule has 0 fully saturated rings. The van der Waals surface area contributed by atoms with Gasteiger partial charge in [-0.05, 0) is 31.0 Å². The molecule has 2 aromatic carbocycles. The number of aryl methyl sites for hydroxylation is 1. The normalized spacial score (nSPS) is 11.0. The molecule has 0 atom stereocenters. The summed E-state index contributed by atoms with van der Waals surface area (Å²) in [5, 5.41) is 3.45. The number of benzene rings is 2. The molecule has 2 heterocycles. The quantitative estimate of drug-likeness (QED) is 0.358. The van der Waals surface area contributed by atoms with Crippen molar-refractivity contribution in [2.24, 2.45) is 0 Å². The lowest BCUT2D eigenvalue weighted by molar-refractivity contribution is -0.113. The van der Waals surface area contributed by atoms with Crippen LogP contribution in [0.2, 0.25) is 0 Å². The Morgan fingerprint density at radius 3 is 2.60 bits per heavy atom. The highest BCUT2D eigenvalue weighted by molar-refractivity contribution is 7.99. The van der Waals surface area contributed by atoms with E-state index < -0.39 is 0 Å². The summed E-state index contributed by atoms with van der Waals surface area (Å²) in [5.41, 5.74) is 4.61. The van der Waals surface area contributed by atoms with Crippen LogP contribution in [-0.2, 0) is 11.3 Å². The summed E-state index contributed by atoms with van der Waals surface area (Å²) < 4.78 is 1.60. The van der Waals surface area contributed by atoms with Crippen LogP contribution < -0.4 is 10.9 Å². The Hall–Kier alpha value is -3.32. The van der Waals surface area contributed by atoms with E-state index in [4.69, 9.17) is 4.98 Å². The molecule has 0 unspecified atom stereocenters. The number of rotatable bonds is 6. The van der Waals surface area contributed by atoms with Crippen LogP contribution in [0, 0.1) is 6.92 Å². The van der Waals surface area contributed by atoms with Crippen LogP contribution in [-0.4, -0.2) is 26.2 Å². The van der Waals surface area contributed by atoms with Crippen molar-refractivity contribution in [3.8, 4) is 11.1 Å². The highest BCUT2D eigenvalue weighted by atomic mass is 32.2. The SMILES string of the molecule is CCn1c(SCC(=O)Nc2ccccc2C)nc2c(-c3ccccc3)c[nH]c2c1=O. The summed E-state index contributed by atoms with van der Waals surface area (Å²) in [6.45, 7) is 4.32. The van der Waals surface area contributed by atoms with E-state index in [0.29, 0.717) is 22.7 Å². The minimum absolute atomic E-state index is 0.133. The molecule has 0 saturated carbocycles. The van der Waals surface area contributed by atoms with Crippen molar-refractivity contribution < 1.29 is 4.79 Å². The molecule has 152 valence electrons. The van der Waals surface area contributed by atoms with Gasteiger partial charge in [0.15, 0.2) is 5.16 Å².